The number of rotatable bonds is 7. The highest BCUT2D eigenvalue weighted by Gasteiger charge is 2.15. The van der Waals surface area contributed by atoms with Gasteiger partial charge in [-0.1, -0.05) is 41.4 Å². The zero-order chi connectivity index (χ0) is 20.1. The maximum atomic E-state index is 12.5. The van der Waals surface area contributed by atoms with Gasteiger partial charge >= 0.3 is 6.61 Å². The number of carbonyl (C=O) groups excluding carboxylic acids is 1. The first kappa shape index (κ1) is 19.9. The molecule has 0 atom stereocenters. The molecule has 6 nitrogen and oxygen atoms in total. The van der Waals surface area contributed by atoms with Crippen molar-refractivity contribution < 1.29 is 23.0 Å². The molecule has 1 N–H and O–H groups in total. The lowest BCUT2D eigenvalue weighted by atomic mass is 10.3. The van der Waals surface area contributed by atoms with Crippen LogP contribution in [0.15, 0.2) is 54.7 Å². The van der Waals surface area contributed by atoms with Crippen molar-refractivity contribution in [1.82, 2.24) is 9.78 Å². The summed E-state index contributed by atoms with van der Waals surface area (Å²) in [5.74, 6) is -0.372. The maximum Gasteiger partial charge on any atom is 0.387 e. The van der Waals surface area contributed by atoms with Crippen LogP contribution in [0.4, 0.5) is 14.5 Å². The van der Waals surface area contributed by atoms with Crippen molar-refractivity contribution in [2.45, 2.75) is 13.3 Å². The summed E-state index contributed by atoms with van der Waals surface area (Å²) in [7, 11) is 0. The summed E-state index contributed by atoms with van der Waals surface area (Å²) in [6, 6.07) is 12.3. The Morgan fingerprint density at radius 1 is 1.11 bits per heavy atom. The molecular weight excluding hydrogens is 415 g/mol. The number of para-hydroxylation sites is 2. The van der Waals surface area contributed by atoms with Gasteiger partial charge in [-0.05, 0) is 30.3 Å². The van der Waals surface area contributed by atoms with Crippen LogP contribution in [-0.2, 0) is 6.73 Å². The Morgan fingerprint density at radius 3 is 2.64 bits per heavy atom. The van der Waals surface area contributed by atoms with Gasteiger partial charge in [-0.25, -0.2) is 4.68 Å². The number of anilines is 1. The van der Waals surface area contributed by atoms with Crippen LogP contribution < -0.4 is 14.8 Å². The summed E-state index contributed by atoms with van der Waals surface area (Å²) in [4.78, 5) is 12.3. The second-order valence-corrected chi connectivity index (χ2v) is 6.18. The van der Waals surface area contributed by atoms with Crippen LogP contribution in [0.1, 0.15) is 10.5 Å². The van der Waals surface area contributed by atoms with Crippen molar-refractivity contribution in [2.24, 2.45) is 0 Å². The Balaban J connectivity index is 1.65. The highest BCUT2D eigenvalue weighted by molar-refractivity contribution is 6.42. The number of halogens is 4. The molecule has 3 rings (SSSR count). The lowest BCUT2D eigenvalue weighted by Crippen LogP contribution is -2.15. The summed E-state index contributed by atoms with van der Waals surface area (Å²) in [5.41, 5.74) is 0.164. The van der Waals surface area contributed by atoms with Gasteiger partial charge in [0.1, 0.15) is 16.5 Å². The summed E-state index contributed by atoms with van der Waals surface area (Å²) in [5, 5.41) is 7.18. The molecule has 146 valence electrons. The highest BCUT2D eigenvalue weighted by atomic mass is 35.5. The minimum absolute atomic E-state index is 0.0155. The van der Waals surface area contributed by atoms with Crippen molar-refractivity contribution in [3.63, 3.8) is 0 Å². The Bertz CT molecular complexity index is 982. The predicted molar refractivity (Wildman–Crippen MR) is 100 cm³/mol. The van der Waals surface area contributed by atoms with E-state index >= 15 is 0 Å². The fraction of sp³-hybridized carbons (Fsp3) is 0.111. The van der Waals surface area contributed by atoms with Gasteiger partial charge in [-0.15, -0.1) is 0 Å². The number of hydrogen-bond acceptors (Lipinski definition) is 4. The number of amides is 1. The van der Waals surface area contributed by atoms with Crippen molar-refractivity contribution >= 4 is 34.8 Å². The first-order valence-corrected chi connectivity index (χ1v) is 8.65. The molecule has 0 spiro atoms. The van der Waals surface area contributed by atoms with Gasteiger partial charge in [0.15, 0.2) is 12.4 Å². The molecule has 1 heterocycles. The molecule has 0 aliphatic rings. The normalized spacial score (nSPS) is 10.8. The first-order valence-electron chi connectivity index (χ1n) is 7.89. The molecule has 0 bridgehead atoms. The second-order valence-electron chi connectivity index (χ2n) is 5.39. The summed E-state index contributed by atoms with van der Waals surface area (Å²) in [6.45, 7) is -3.02. The fourth-order valence-electron chi connectivity index (χ4n) is 2.24. The average molecular weight is 428 g/mol. The third kappa shape index (κ3) is 4.90. The SMILES string of the molecule is O=C(Nc1ccccc1OC(F)F)c1ccn(COc2cccc(Cl)c2Cl)n1. The van der Waals surface area contributed by atoms with Gasteiger partial charge in [0, 0.05) is 6.20 Å². The molecule has 0 fully saturated rings. The van der Waals surface area contributed by atoms with Crippen LogP contribution in [0.5, 0.6) is 11.5 Å². The fourth-order valence-corrected chi connectivity index (χ4v) is 2.59. The zero-order valence-corrected chi connectivity index (χ0v) is 15.6. The highest BCUT2D eigenvalue weighted by Crippen LogP contribution is 2.31. The van der Waals surface area contributed by atoms with E-state index in [9.17, 15) is 13.6 Å². The predicted octanol–water partition coefficient (Wildman–Crippen LogP) is 5.08. The molecular formula is C18H13Cl2F2N3O3. The number of nitrogens with one attached hydrogen (secondary N) is 1. The van der Waals surface area contributed by atoms with Crippen LogP contribution in [0.25, 0.3) is 0 Å². The van der Waals surface area contributed by atoms with Crippen LogP contribution in [0.2, 0.25) is 10.0 Å². The van der Waals surface area contributed by atoms with Gasteiger partial charge in [-0.2, -0.15) is 13.9 Å². The number of aromatic nitrogens is 2. The van der Waals surface area contributed by atoms with Crippen LogP contribution in [0.3, 0.4) is 0 Å². The smallest absolute Gasteiger partial charge is 0.387 e. The molecule has 10 heteroatoms. The van der Waals surface area contributed by atoms with Crippen molar-refractivity contribution in [3.8, 4) is 11.5 Å². The minimum Gasteiger partial charge on any atom is -0.470 e. The molecule has 0 aliphatic heterocycles. The van der Waals surface area contributed by atoms with E-state index in [2.05, 4.69) is 15.2 Å². The van der Waals surface area contributed by atoms with Gasteiger partial charge in [0.2, 0.25) is 0 Å². The molecule has 28 heavy (non-hydrogen) atoms. The van der Waals surface area contributed by atoms with Crippen LogP contribution in [0, 0.1) is 0 Å². The molecule has 1 aromatic heterocycles. The van der Waals surface area contributed by atoms with Crippen LogP contribution >= 0.6 is 23.2 Å². The summed E-state index contributed by atoms with van der Waals surface area (Å²) < 4.78 is 36.2. The number of hydrogen-bond donors (Lipinski definition) is 1. The van der Waals surface area contributed by atoms with E-state index in [4.69, 9.17) is 27.9 Å². The molecule has 0 saturated heterocycles. The molecule has 0 radical (unpaired) electrons. The monoisotopic (exact) mass is 427 g/mol. The second kappa shape index (κ2) is 8.90. The van der Waals surface area contributed by atoms with Gasteiger partial charge in [0.25, 0.3) is 5.91 Å². The van der Waals surface area contributed by atoms with E-state index in [-0.39, 0.29) is 28.9 Å². The maximum absolute atomic E-state index is 12.5. The number of carbonyl (C=O) groups is 1. The molecule has 0 aliphatic carbocycles. The Hall–Kier alpha value is -2.84. The van der Waals surface area contributed by atoms with Crippen molar-refractivity contribution in [1.29, 1.82) is 0 Å². The Morgan fingerprint density at radius 2 is 1.86 bits per heavy atom. The molecule has 0 saturated carbocycles. The topological polar surface area (TPSA) is 65.4 Å². The van der Waals surface area contributed by atoms with E-state index in [1.807, 2.05) is 0 Å². The Kier molecular flexibility index (Phi) is 6.33. The third-order valence-corrected chi connectivity index (χ3v) is 4.29. The molecule has 0 unspecified atom stereocenters. The number of alkyl halides is 2. The number of ether oxygens (including phenoxy) is 2. The largest absolute Gasteiger partial charge is 0.470 e. The first-order chi connectivity index (χ1) is 13.4. The molecule has 1 amide bonds. The van der Waals surface area contributed by atoms with Gasteiger partial charge in [0.05, 0.1) is 10.7 Å². The third-order valence-electron chi connectivity index (χ3n) is 3.49. The minimum atomic E-state index is -3.01. The van der Waals surface area contributed by atoms with E-state index < -0.39 is 12.5 Å². The average Bonchev–Trinajstić information content (AvgIpc) is 3.13. The lowest BCUT2D eigenvalue weighted by molar-refractivity contribution is -0.0493. The zero-order valence-electron chi connectivity index (χ0n) is 14.1. The summed E-state index contributed by atoms with van der Waals surface area (Å²) in [6.07, 6.45) is 1.52. The number of nitrogens with zero attached hydrogens (tertiary/aromatic N) is 2. The van der Waals surface area contributed by atoms with E-state index in [1.54, 1.807) is 24.3 Å². The van der Waals surface area contributed by atoms with Crippen molar-refractivity contribution in [2.75, 3.05) is 5.32 Å². The van der Waals surface area contributed by atoms with E-state index in [0.29, 0.717) is 10.8 Å². The standard InChI is InChI=1S/C18H13Cl2F2N3O3/c19-11-4-3-7-15(16(11)20)27-10-25-9-8-13(24-25)17(26)23-12-5-1-2-6-14(12)28-18(21)22/h1-9,18H,10H2,(H,23,26). The van der Waals surface area contributed by atoms with E-state index in [1.165, 1.54) is 35.1 Å². The van der Waals surface area contributed by atoms with E-state index in [0.717, 1.165) is 0 Å². The summed E-state index contributed by atoms with van der Waals surface area (Å²) >= 11 is 12.0. The van der Waals surface area contributed by atoms with Crippen molar-refractivity contribution in [3.05, 3.63) is 70.5 Å². The Labute approximate surface area is 168 Å². The number of benzene rings is 2. The van der Waals surface area contributed by atoms with Gasteiger partial charge < -0.3 is 14.8 Å². The molecule has 2 aromatic carbocycles. The lowest BCUT2D eigenvalue weighted by Gasteiger charge is -2.11. The quantitative estimate of drug-likeness (QED) is 0.570. The van der Waals surface area contributed by atoms with Gasteiger partial charge in [-0.3, -0.25) is 4.79 Å². The molecule has 3 aromatic rings. The van der Waals surface area contributed by atoms with Crippen LogP contribution in [-0.4, -0.2) is 22.3 Å².